The lowest BCUT2D eigenvalue weighted by Crippen LogP contribution is -2.65. The summed E-state index contributed by atoms with van der Waals surface area (Å²) in [5, 5.41) is 4.91. The van der Waals surface area contributed by atoms with Crippen molar-refractivity contribution in [1.82, 2.24) is 10.6 Å². The van der Waals surface area contributed by atoms with Gasteiger partial charge in [-0.15, -0.1) is 0 Å². The van der Waals surface area contributed by atoms with E-state index in [9.17, 15) is 19.2 Å². The fourth-order valence-corrected chi connectivity index (χ4v) is 6.21. The first-order valence-corrected chi connectivity index (χ1v) is 7.80. The molecule has 0 aromatic carbocycles. The van der Waals surface area contributed by atoms with Crippen LogP contribution in [0.4, 0.5) is 0 Å². The van der Waals surface area contributed by atoms with E-state index in [0.29, 0.717) is 0 Å². The predicted molar refractivity (Wildman–Crippen MR) is 72.6 cm³/mol. The first-order valence-electron chi connectivity index (χ1n) is 7.80. The van der Waals surface area contributed by atoms with Gasteiger partial charge in [0.25, 0.3) is 0 Å². The van der Waals surface area contributed by atoms with E-state index in [1.165, 1.54) is 0 Å². The zero-order valence-corrected chi connectivity index (χ0v) is 12.3. The lowest BCUT2D eigenvalue weighted by molar-refractivity contribution is -0.170. The van der Waals surface area contributed by atoms with Gasteiger partial charge in [0.2, 0.25) is 23.6 Å². The summed E-state index contributed by atoms with van der Waals surface area (Å²) in [6.45, 7) is 4.02. The molecule has 0 aromatic rings. The van der Waals surface area contributed by atoms with Crippen molar-refractivity contribution in [1.29, 1.82) is 0 Å². The second-order valence-corrected chi connectivity index (χ2v) is 7.38. The van der Waals surface area contributed by atoms with Crippen LogP contribution < -0.4 is 10.6 Å². The fraction of sp³-hybridized carbons (Fsp3) is 0.625. The third-order valence-electron chi connectivity index (χ3n) is 6.98. The molecule has 2 saturated carbocycles. The van der Waals surface area contributed by atoms with Gasteiger partial charge in [-0.3, -0.25) is 29.8 Å². The molecule has 6 nitrogen and oxygen atoms in total. The van der Waals surface area contributed by atoms with Crippen LogP contribution in [0.15, 0.2) is 11.1 Å². The minimum absolute atomic E-state index is 0.0306. The quantitative estimate of drug-likeness (QED) is 0.470. The largest absolute Gasteiger partial charge is 0.296 e. The number of carbonyl (C=O) groups excluding carboxylic acids is 4. The van der Waals surface area contributed by atoms with Gasteiger partial charge in [0.05, 0.1) is 23.7 Å². The van der Waals surface area contributed by atoms with E-state index < -0.39 is 0 Å². The van der Waals surface area contributed by atoms with Crippen LogP contribution in [0.3, 0.4) is 0 Å². The molecule has 2 N–H and O–H groups in total. The minimum Gasteiger partial charge on any atom is -0.296 e. The Morgan fingerprint density at radius 3 is 1.23 bits per heavy atom. The molecule has 114 valence electrons. The molecule has 4 amide bonds. The summed E-state index contributed by atoms with van der Waals surface area (Å²) in [7, 11) is 0. The molecule has 2 saturated heterocycles. The zero-order chi connectivity index (χ0) is 15.5. The normalized spacial score (nSPS) is 51.2. The van der Waals surface area contributed by atoms with Crippen LogP contribution in [0.2, 0.25) is 0 Å². The van der Waals surface area contributed by atoms with Crippen LogP contribution in [0.5, 0.6) is 0 Å². The molecule has 2 heterocycles. The van der Waals surface area contributed by atoms with Crippen molar-refractivity contribution in [3.63, 3.8) is 0 Å². The molecule has 0 radical (unpaired) electrons. The van der Waals surface area contributed by atoms with Crippen molar-refractivity contribution in [2.24, 2.45) is 47.3 Å². The highest BCUT2D eigenvalue weighted by molar-refractivity contribution is 6.09. The van der Waals surface area contributed by atoms with Crippen molar-refractivity contribution in [3.05, 3.63) is 11.1 Å². The number of rotatable bonds is 0. The lowest BCUT2D eigenvalue weighted by Gasteiger charge is -2.63. The van der Waals surface area contributed by atoms with Crippen molar-refractivity contribution in [2.45, 2.75) is 13.8 Å². The molecule has 4 aliphatic carbocycles. The lowest BCUT2D eigenvalue weighted by atomic mass is 9.37. The fourth-order valence-electron chi connectivity index (χ4n) is 6.21. The standard InChI is InChI=1S/C16H16N2O4/c1-3-4(2)6-8-7(11-12(8)16(22)18-15(11)21)5(3)9-10(6)14(20)17-13(9)19/h5-12H,1-2H3,(H,17,19,20)(H,18,21,22)/t5-,6-,7-,8-,9-,10-,11-,12-/m1/s1. The van der Waals surface area contributed by atoms with Crippen LogP contribution in [-0.4, -0.2) is 23.6 Å². The van der Waals surface area contributed by atoms with Gasteiger partial charge in [-0.1, -0.05) is 11.1 Å². The summed E-state index contributed by atoms with van der Waals surface area (Å²) >= 11 is 0. The van der Waals surface area contributed by atoms with Crippen LogP contribution in [-0.2, 0) is 19.2 Å². The monoisotopic (exact) mass is 300 g/mol. The average molecular weight is 300 g/mol. The van der Waals surface area contributed by atoms with Crippen molar-refractivity contribution in [2.75, 3.05) is 0 Å². The SMILES string of the molecule is CC1=C(C)[C@H]2[C@H]3C(=O)NC(=O)[C@@H]3[C@H]1[C@H]1[C@H]3C(=O)NC(=O)[C@@H]3[C@H]21. The Labute approximate surface area is 126 Å². The van der Waals surface area contributed by atoms with Gasteiger partial charge in [-0.25, -0.2) is 0 Å². The highest BCUT2D eigenvalue weighted by Gasteiger charge is 2.74. The maximum Gasteiger partial charge on any atom is 0.231 e. The van der Waals surface area contributed by atoms with Crippen LogP contribution in [0.1, 0.15) is 13.8 Å². The van der Waals surface area contributed by atoms with E-state index in [4.69, 9.17) is 0 Å². The molecule has 6 aliphatic rings. The molecule has 4 fully saturated rings. The maximum atomic E-state index is 12.3. The van der Waals surface area contributed by atoms with Gasteiger partial charge in [0.15, 0.2) is 0 Å². The van der Waals surface area contributed by atoms with Crippen LogP contribution >= 0.6 is 0 Å². The smallest absolute Gasteiger partial charge is 0.231 e. The molecule has 0 unspecified atom stereocenters. The summed E-state index contributed by atoms with van der Waals surface area (Å²) in [6, 6.07) is 0. The number of hydrogen-bond acceptors (Lipinski definition) is 4. The molecule has 8 atom stereocenters. The van der Waals surface area contributed by atoms with E-state index in [1.807, 2.05) is 13.8 Å². The Kier molecular flexibility index (Phi) is 2.00. The molecule has 22 heavy (non-hydrogen) atoms. The van der Waals surface area contributed by atoms with Crippen molar-refractivity contribution >= 4 is 23.6 Å². The van der Waals surface area contributed by atoms with E-state index >= 15 is 0 Å². The average Bonchev–Trinajstić information content (AvgIpc) is 2.84. The Bertz CT molecular complexity index is 666. The van der Waals surface area contributed by atoms with E-state index in [1.54, 1.807) is 0 Å². The van der Waals surface area contributed by atoms with Gasteiger partial charge in [-0.2, -0.15) is 0 Å². The topological polar surface area (TPSA) is 92.3 Å². The molecule has 6 rings (SSSR count). The number of nitrogens with one attached hydrogen (secondary N) is 2. The van der Waals surface area contributed by atoms with Crippen LogP contribution in [0, 0.1) is 47.3 Å². The molecule has 2 aliphatic heterocycles. The number of imide groups is 2. The summed E-state index contributed by atoms with van der Waals surface area (Å²) < 4.78 is 0. The first-order chi connectivity index (χ1) is 10.4. The molecule has 6 heteroatoms. The van der Waals surface area contributed by atoms with E-state index in [0.717, 1.165) is 11.1 Å². The molecule has 0 spiro atoms. The van der Waals surface area contributed by atoms with Crippen molar-refractivity contribution < 1.29 is 19.2 Å². The summed E-state index contributed by atoms with van der Waals surface area (Å²) in [4.78, 5) is 48.7. The summed E-state index contributed by atoms with van der Waals surface area (Å²) in [6.07, 6.45) is 0. The van der Waals surface area contributed by atoms with Gasteiger partial charge in [0, 0.05) is 0 Å². The number of allylic oxidation sites excluding steroid dienone is 2. The van der Waals surface area contributed by atoms with Gasteiger partial charge in [-0.05, 0) is 37.5 Å². The van der Waals surface area contributed by atoms with Crippen molar-refractivity contribution in [3.8, 4) is 0 Å². The number of carbonyl (C=O) groups is 4. The second-order valence-electron chi connectivity index (χ2n) is 7.38. The highest BCUT2D eigenvalue weighted by Crippen LogP contribution is 2.69. The summed E-state index contributed by atoms with van der Waals surface area (Å²) in [5.41, 5.74) is 2.28. The highest BCUT2D eigenvalue weighted by atomic mass is 16.2. The Hall–Kier alpha value is -1.98. The predicted octanol–water partition coefficient (Wildman–Crippen LogP) is -0.394. The molecule has 0 aromatic heterocycles. The second kappa shape index (κ2) is 3.50. The Balaban J connectivity index is 1.70. The maximum absolute atomic E-state index is 12.3. The van der Waals surface area contributed by atoms with E-state index in [-0.39, 0.29) is 71.0 Å². The molecule has 2 bridgehead atoms. The van der Waals surface area contributed by atoms with E-state index in [2.05, 4.69) is 10.6 Å². The third-order valence-corrected chi connectivity index (χ3v) is 6.98. The Morgan fingerprint density at radius 2 is 0.864 bits per heavy atom. The first kappa shape index (κ1) is 12.6. The zero-order valence-electron chi connectivity index (χ0n) is 12.3. The van der Waals surface area contributed by atoms with Crippen LogP contribution in [0.25, 0.3) is 0 Å². The van der Waals surface area contributed by atoms with Gasteiger partial charge < -0.3 is 0 Å². The Morgan fingerprint density at radius 1 is 0.545 bits per heavy atom. The number of fused-ring (bicyclic) bond motifs is 1. The van der Waals surface area contributed by atoms with Gasteiger partial charge >= 0.3 is 0 Å². The third kappa shape index (κ3) is 1.06. The van der Waals surface area contributed by atoms with Gasteiger partial charge in [0.1, 0.15) is 0 Å². The summed E-state index contributed by atoms with van der Waals surface area (Å²) in [5.74, 6) is -2.23. The molecular formula is C16H16N2O4. The number of amides is 4. The number of hydrogen-bond donors (Lipinski definition) is 2. The molecular weight excluding hydrogens is 284 g/mol. The minimum atomic E-state index is -0.355.